The number of amides is 1. The normalized spacial score (nSPS) is 17.6. The predicted molar refractivity (Wildman–Crippen MR) is 140 cm³/mol. The molecule has 1 aromatic carbocycles. The van der Waals surface area contributed by atoms with E-state index in [4.69, 9.17) is 10.7 Å². The van der Waals surface area contributed by atoms with Crippen molar-refractivity contribution in [1.29, 1.82) is 0 Å². The average molecular weight is 548 g/mol. The standard InChI is InChI=1S/C24H32N6O.HI/c25-22(31)19-11-16-29(17-12-19)23-20(8-7-13-26-23)18-27-24(30-14-5-2-6-15-30)28-21-9-3-1-4-10-21;/h1,3-4,7-10,13,19H,2,5-6,11-12,14-18H2,(H2,25,31)(H,27,28);1H. The van der Waals surface area contributed by atoms with Gasteiger partial charge in [-0.1, -0.05) is 24.3 Å². The predicted octanol–water partition coefficient (Wildman–Crippen LogP) is 3.86. The Bertz CT molecular complexity index is 892. The van der Waals surface area contributed by atoms with Gasteiger partial charge in [0.25, 0.3) is 0 Å². The van der Waals surface area contributed by atoms with Crippen LogP contribution in [0.5, 0.6) is 0 Å². The van der Waals surface area contributed by atoms with Gasteiger partial charge in [-0.15, -0.1) is 24.0 Å². The lowest BCUT2D eigenvalue weighted by atomic mass is 9.96. The summed E-state index contributed by atoms with van der Waals surface area (Å²) in [4.78, 5) is 25.8. The third-order valence-corrected chi connectivity index (χ3v) is 6.15. The van der Waals surface area contributed by atoms with Crippen LogP contribution in [0.25, 0.3) is 0 Å². The van der Waals surface area contributed by atoms with Gasteiger partial charge in [-0.2, -0.15) is 0 Å². The van der Waals surface area contributed by atoms with Gasteiger partial charge in [-0.25, -0.2) is 9.98 Å². The van der Waals surface area contributed by atoms with Crippen molar-refractivity contribution in [3.63, 3.8) is 0 Å². The summed E-state index contributed by atoms with van der Waals surface area (Å²) in [6, 6.07) is 14.3. The molecule has 2 aliphatic heterocycles. The van der Waals surface area contributed by atoms with E-state index >= 15 is 0 Å². The highest BCUT2D eigenvalue weighted by molar-refractivity contribution is 14.0. The number of nitrogens with zero attached hydrogens (tertiary/aromatic N) is 4. The monoisotopic (exact) mass is 548 g/mol. The summed E-state index contributed by atoms with van der Waals surface area (Å²) in [7, 11) is 0. The third kappa shape index (κ3) is 6.34. The molecule has 2 saturated heterocycles. The number of piperidine rings is 2. The van der Waals surface area contributed by atoms with Crippen molar-refractivity contribution >= 4 is 47.3 Å². The van der Waals surface area contributed by atoms with Gasteiger partial charge in [0.1, 0.15) is 5.82 Å². The lowest BCUT2D eigenvalue weighted by molar-refractivity contribution is -0.122. The number of carbonyl (C=O) groups excluding carboxylic acids is 1. The zero-order valence-electron chi connectivity index (χ0n) is 18.4. The molecule has 7 nitrogen and oxygen atoms in total. The smallest absolute Gasteiger partial charge is 0.220 e. The number of rotatable bonds is 5. The summed E-state index contributed by atoms with van der Waals surface area (Å²) >= 11 is 0. The molecule has 2 aromatic rings. The first-order valence-corrected chi connectivity index (χ1v) is 11.3. The largest absolute Gasteiger partial charge is 0.369 e. The van der Waals surface area contributed by atoms with E-state index in [0.717, 1.165) is 62.0 Å². The number of likely N-dealkylation sites (tertiary alicyclic amines) is 1. The van der Waals surface area contributed by atoms with Crippen molar-refractivity contribution in [1.82, 2.24) is 9.88 Å². The van der Waals surface area contributed by atoms with Crippen molar-refractivity contribution < 1.29 is 4.79 Å². The van der Waals surface area contributed by atoms with Crippen molar-refractivity contribution in [2.24, 2.45) is 16.6 Å². The lowest BCUT2D eigenvalue weighted by Gasteiger charge is -2.33. The number of para-hydroxylation sites is 1. The van der Waals surface area contributed by atoms with Crippen LogP contribution in [-0.4, -0.2) is 47.9 Å². The second-order valence-electron chi connectivity index (χ2n) is 8.33. The Morgan fingerprint density at radius 2 is 1.75 bits per heavy atom. The van der Waals surface area contributed by atoms with Gasteiger partial charge in [0.05, 0.1) is 6.54 Å². The number of pyridine rings is 1. The second-order valence-corrected chi connectivity index (χ2v) is 8.33. The molecule has 1 aromatic heterocycles. The molecular formula is C24H33IN6O. The highest BCUT2D eigenvalue weighted by atomic mass is 127. The van der Waals surface area contributed by atoms with E-state index < -0.39 is 0 Å². The highest BCUT2D eigenvalue weighted by Crippen LogP contribution is 2.25. The minimum atomic E-state index is -0.191. The fourth-order valence-corrected chi connectivity index (χ4v) is 4.35. The molecule has 0 spiro atoms. The molecule has 32 heavy (non-hydrogen) atoms. The van der Waals surface area contributed by atoms with Crippen LogP contribution in [-0.2, 0) is 11.3 Å². The number of nitrogens with two attached hydrogens (primary N) is 1. The van der Waals surface area contributed by atoms with Crippen LogP contribution in [0, 0.1) is 5.92 Å². The average Bonchev–Trinajstić information content (AvgIpc) is 2.83. The molecule has 1 amide bonds. The molecular weight excluding hydrogens is 515 g/mol. The Labute approximate surface area is 207 Å². The zero-order valence-corrected chi connectivity index (χ0v) is 20.8. The van der Waals surface area contributed by atoms with Gasteiger partial charge in [0.2, 0.25) is 5.91 Å². The number of guanidine groups is 1. The molecule has 4 rings (SSSR count). The van der Waals surface area contributed by atoms with Crippen LogP contribution < -0.4 is 16.0 Å². The van der Waals surface area contributed by atoms with Gasteiger partial charge in [0, 0.05) is 49.5 Å². The molecule has 2 fully saturated rings. The minimum Gasteiger partial charge on any atom is -0.369 e. The van der Waals surface area contributed by atoms with E-state index in [2.05, 4.69) is 38.3 Å². The van der Waals surface area contributed by atoms with Crippen molar-refractivity contribution in [3.8, 4) is 0 Å². The van der Waals surface area contributed by atoms with E-state index in [1.807, 2.05) is 30.5 Å². The Hall–Kier alpha value is -2.36. The molecule has 0 unspecified atom stereocenters. The van der Waals surface area contributed by atoms with Crippen LogP contribution in [0.2, 0.25) is 0 Å². The van der Waals surface area contributed by atoms with Crippen LogP contribution in [0.1, 0.15) is 37.7 Å². The molecule has 0 aliphatic carbocycles. The Balaban J connectivity index is 0.00000289. The maximum Gasteiger partial charge on any atom is 0.220 e. The van der Waals surface area contributed by atoms with Crippen molar-refractivity contribution in [2.75, 3.05) is 36.4 Å². The van der Waals surface area contributed by atoms with E-state index in [1.165, 1.54) is 19.3 Å². The maximum atomic E-state index is 11.5. The first kappa shape index (κ1) is 24.3. The summed E-state index contributed by atoms with van der Waals surface area (Å²) in [6.07, 6.45) is 7.07. The molecule has 0 bridgehead atoms. The first-order valence-electron chi connectivity index (χ1n) is 11.3. The lowest BCUT2D eigenvalue weighted by Crippen LogP contribution is -2.40. The highest BCUT2D eigenvalue weighted by Gasteiger charge is 2.25. The molecule has 0 saturated carbocycles. The third-order valence-electron chi connectivity index (χ3n) is 6.15. The van der Waals surface area contributed by atoms with E-state index in [0.29, 0.717) is 6.54 Å². The number of anilines is 2. The van der Waals surface area contributed by atoms with Gasteiger partial charge in [-0.05, 0) is 50.3 Å². The van der Waals surface area contributed by atoms with Gasteiger partial charge >= 0.3 is 0 Å². The quantitative estimate of drug-likeness (QED) is 0.337. The van der Waals surface area contributed by atoms with Gasteiger partial charge in [0.15, 0.2) is 5.96 Å². The molecule has 2 aliphatic rings. The van der Waals surface area contributed by atoms with Crippen LogP contribution >= 0.6 is 24.0 Å². The Kier molecular flexibility index (Phi) is 9.13. The van der Waals surface area contributed by atoms with E-state index in [1.54, 1.807) is 0 Å². The fraction of sp³-hybridized carbons (Fsp3) is 0.458. The number of primary amides is 1. The number of aromatic nitrogens is 1. The van der Waals surface area contributed by atoms with E-state index in [9.17, 15) is 4.79 Å². The zero-order chi connectivity index (χ0) is 21.5. The van der Waals surface area contributed by atoms with Crippen LogP contribution in [0.3, 0.4) is 0 Å². The summed E-state index contributed by atoms with van der Waals surface area (Å²) in [5, 5.41) is 3.53. The Morgan fingerprint density at radius 1 is 1.03 bits per heavy atom. The number of nitrogens with one attached hydrogen (secondary N) is 1. The molecule has 3 N–H and O–H groups in total. The maximum absolute atomic E-state index is 11.5. The fourth-order valence-electron chi connectivity index (χ4n) is 4.35. The second kappa shape index (κ2) is 12.0. The molecule has 0 radical (unpaired) electrons. The summed E-state index contributed by atoms with van der Waals surface area (Å²) < 4.78 is 0. The summed E-state index contributed by atoms with van der Waals surface area (Å²) in [6.45, 7) is 4.20. The number of hydrogen-bond acceptors (Lipinski definition) is 4. The summed E-state index contributed by atoms with van der Waals surface area (Å²) in [5.74, 6) is 1.67. The van der Waals surface area contributed by atoms with Crippen LogP contribution in [0.4, 0.5) is 11.5 Å². The number of benzene rings is 1. The number of hydrogen-bond donors (Lipinski definition) is 2. The molecule has 3 heterocycles. The minimum absolute atomic E-state index is 0. The number of halogens is 1. The molecule has 8 heteroatoms. The SMILES string of the molecule is I.NC(=O)C1CCN(c2ncccc2CN=C(Nc2ccccc2)N2CCCCC2)CC1. The number of aliphatic imine (C=N–C) groups is 1. The van der Waals surface area contributed by atoms with Crippen molar-refractivity contribution in [2.45, 2.75) is 38.6 Å². The Morgan fingerprint density at radius 3 is 2.44 bits per heavy atom. The van der Waals surface area contributed by atoms with E-state index in [-0.39, 0.29) is 35.8 Å². The first-order chi connectivity index (χ1) is 15.2. The van der Waals surface area contributed by atoms with Gasteiger partial charge < -0.3 is 20.9 Å². The number of carbonyl (C=O) groups is 1. The molecule has 172 valence electrons. The van der Waals surface area contributed by atoms with Crippen LogP contribution in [0.15, 0.2) is 53.7 Å². The van der Waals surface area contributed by atoms with Gasteiger partial charge in [-0.3, -0.25) is 4.79 Å². The summed E-state index contributed by atoms with van der Waals surface area (Å²) in [5.41, 5.74) is 7.64. The molecule has 0 atom stereocenters. The van der Waals surface area contributed by atoms with Crippen molar-refractivity contribution in [3.05, 3.63) is 54.2 Å². The topological polar surface area (TPSA) is 86.9 Å².